The fourth-order valence-corrected chi connectivity index (χ4v) is 1.77. The normalized spacial score (nSPS) is 11.1. The molecular formula is C10H14N2O3S. The predicted molar refractivity (Wildman–Crippen MR) is 63.8 cm³/mol. The largest absolute Gasteiger partial charge is 0.397 e. The molecule has 16 heavy (non-hydrogen) atoms. The number of para-hydroxylation sites is 2. The number of benzene rings is 1. The van der Waals surface area contributed by atoms with E-state index in [4.69, 9.17) is 5.73 Å². The van der Waals surface area contributed by atoms with Gasteiger partial charge in [-0.15, -0.1) is 0 Å². The summed E-state index contributed by atoms with van der Waals surface area (Å²) in [7, 11) is -3.30. The standard InChI is InChI=1S/C10H14N2O3S/c1-2-16(14,15)7-10(13)12-9-6-4-3-5-8(9)11/h3-6H,2,7,11H2,1H3,(H,12,13). The van der Waals surface area contributed by atoms with E-state index >= 15 is 0 Å². The summed E-state index contributed by atoms with van der Waals surface area (Å²) in [5.74, 6) is -1.14. The molecule has 0 heterocycles. The first-order chi connectivity index (χ1) is 7.44. The molecule has 0 unspecified atom stereocenters. The highest BCUT2D eigenvalue weighted by Crippen LogP contribution is 2.16. The maximum Gasteiger partial charge on any atom is 0.239 e. The highest BCUT2D eigenvalue weighted by atomic mass is 32.2. The molecule has 0 saturated carbocycles. The molecule has 1 aromatic rings. The maximum absolute atomic E-state index is 11.4. The number of sulfone groups is 1. The van der Waals surface area contributed by atoms with Gasteiger partial charge in [-0.05, 0) is 12.1 Å². The van der Waals surface area contributed by atoms with E-state index in [-0.39, 0.29) is 5.75 Å². The van der Waals surface area contributed by atoms with Gasteiger partial charge in [0, 0.05) is 5.75 Å². The third-order valence-corrected chi connectivity index (χ3v) is 3.61. The van der Waals surface area contributed by atoms with Crippen molar-refractivity contribution in [3.63, 3.8) is 0 Å². The van der Waals surface area contributed by atoms with Gasteiger partial charge in [0.25, 0.3) is 0 Å². The SMILES string of the molecule is CCS(=O)(=O)CC(=O)Nc1ccccc1N. The molecule has 0 atom stereocenters. The van der Waals surface area contributed by atoms with E-state index in [0.29, 0.717) is 11.4 Å². The summed E-state index contributed by atoms with van der Waals surface area (Å²) < 4.78 is 22.4. The number of carbonyl (C=O) groups excluding carboxylic acids is 1. The topological polar surface area (TPSA) is 89.3 Å². The van der Waals surface area contributed by atoms with E-state index in [2.05, 4.69) is 5.32 Å². The van der Waals surface area contributed by atoms with Crippen molar-refractivity contribution in [3.05, 3.63) is 24.3 Å². The van der Waals surface area contributed by atoms with Crippen LogP contribution in [0, 0.1) is 0 Å². The fourth-order valence-electron chi connectivity index (χ4n) is 1.10. The van der Waals surface area contributed by atoms with Gasteiger partial charge in [0.05, 0.1) is 11.4 Å². The van der Waals surface area contributed by atoms with Gasteiger partial charge in [-0.3, -0.25) is 4.79 Å². The van der Waals surface area contributed by atoms with Crippen LogP contribution in [-0.4, -0.2) is 25.8 Å². The average Bonchev–Trinajstić information content (AvgIpc) is 2.21. The number of carbonyl (C=O) groups is 1. The lowest BCUT2D eigenvalue weighted by atomic mass is 10.3. The Balaban J connectivity index is 2.70. The molecule has 0 bridgehead atoms. The third kappa shape index (κ3) is 3.54. The number of amides is 1. The average molecular weight is 242 g/mol. The Morgan fingerprint density at radius 1 is 1.38 bits per heavy atom. The molecule has 0 aliphatic heterocycles. The van der Waals surface area contributed by atoms with Crippen LogP contribution in [0.2, 0.25) is 0 Å². The van der Waals surface area contributed by atoms with Crippen molar-refractivity contribution in [1.82, 2.24) is 0 Å². The van der Waals surface area contributed by atoms with Crippen molar-refractivity contribution in [3.8, 4) is 0 Å². The fraction of sp³-hybridized carbons (Fsp3) is 0.300. The quantitative estimate of drug-likeness (QED) is 0.758. The summed E-state index contributed by atoms with van der Waals surface area (Å²) in [5.41, 5.74) is 6.44. The van der Waals surface area contributed by atoms with E-state index in [1.165, 1.54) is 6.92 Å². The number of anilines is 2. The van der Waals surface area contributed by atoms with Gasteiger partial charge in [-0.2, -0.15) is 0 Å². The lowest BCUT2D eigenvalue weighted by molar-refractivity contribution is -0.113. The predicted octanol–water partition coefficient (Wildman–Crippen LogP) is 0.642. The third-order valence-electron chi connectivity index (χ3n) is 2.03. The summed E-state index contributed by atoms with van der Waals surface area (Å²) in [6.45, 7) is 1.50. The Hall–Kier alpha value is -1.56. The number of rotatable bonds is 4. The molecule has 1 rings (SSSR count). The Kier molecular flexibility index (Phi) is 3.89. The molecule has 0 saturated heterocycles. The van der Waals surface area contributed by atoms with E-state index in [0.717, 1.165) is 0 Å². The second-order valence-electron chi connectivity index (χ2n) is 3.31. The van der Waals surface area contributed by atoms with Crippen LogP contribution in [0.1, 0.15) is 6.92 Å². The van der Waals surface area contributed by atoms with Crippen molar-refractivity contribution < 1.29 is 13.2 Å². The number of hydrogen-bond acceptors (Lipinski definition) is 4. The minimum atomic E-state index is -3.30. The van der Waals surface area contributed by atoms with E-state index in [1.54, 1.807) is 24.3 Å². The van der Waals surface area contributed by atoms with Gasteiger partial charge in [-0.25, -0.2) is 8.42 Å². The van der Waals surface area contributed by atoms with E-state index in [1.807, 2.05) is 0 Å². The smallest absolute Gasteiger partial charge is 0.239 e. The molecule has 0 aliphatic rings. The second-order valence-corrected chi connectivity index (χ2v) is 5.67. The van der Waals surface area contributed by atoms with Crippen LogP contribution in [0.3, 0.4) is 0 Å². The summed E-state index contributed by atoms with van der Waals surface area (Å²) in [6.07, 6.45) is 0. The lowest BCUT2D eigenvalue weighted by Gasteiger charge is -2.07. The molecule has 1 aromatic carbocycles. The first-order valence-electron chi connectivity index (χ1n) is 4.79. The molecular weight excluding hydrogens is 228 g/mol. The van der Waals surface area contributed by atoms with Crippen LogP contribution in [0.4, 0.5) is 11.4 Å². The van der Waals surface area contributed by atoms with Gasteiger partial charge >= 0.3 is 0 Å². The van der Waals surface area contributed by atoms with Crippen molar-refractivity contribution in [1.29, 1.82) is 0 Å². The maximum atomic E-state index is 11.4. The highest BCUT2D eigenvalue weighted by molar-refractivity contribution is 7.92. The Bertz CT molecular complexity index is 483. The van der Waals surface area contributed by atoms with Gasteiger partial charge in [0.2, 0.25) is 5.91 Å². The zero-order chi connectivity index (χ0) is 12.2. The molecule has 3 N–H and O–H groups in total. The molecule has 1 amide bonds. The van der Waals surface area contributed by atoms with Crippen LogP contribution in [0.5, 0.6) is 0 Å². The molecule has 0 aromatic heterocycles. The van der Waals surface area contributed by atoms with Gasteiger partial charge < -0.3 is 11.1 Å². The minimum absolute atomic E-state index is 0.0509. The van der Waals surface area contributed by atoms with Crippen LogP contribution < -0.4 is 11.1 Å². The molecule has 0 spiro atoms. The molecule has 0 radical (unpaired) electrons. The van der Waals surface area contributed by atoms with Crippen LogP contribution in [-0.2, 0) is 14.6 Å². The Labute approximate surface area is 94.6 Å². The summed E-state index contributed by atoms with van der Waals surface area (Å²) in [5, 5.41) is 2.46. The lowest BCUT2D eigenvalue weighted by Crippen LogP contribution is -2.24. The zero-order valence-corrected chi connectivity index (χ0v) is 9.75. The van der Waals surface area contributed by atoms with Crippen LogP contribution >= 0.6 is 0 Å². The number of nitrogens with two attached hydrogens (primary N) is 1. The molecule has 6 heteroatoms. The number of nitrogens with one attached hydrogen (secondary N) is 1. The van der Waals surface area contributed by atoms with Gasteiger partial charge in [-0.1, -0.05) is 19.1 Å². The van der Waals surface area contributed by atoms with Crippen LogP contribution in [0.15, 0.2) is 24.3 Å². The summed E-state index contributed by atoms with van der Waals surface area (Å²) >= 11 is 0. The minimum Gasteiger partial charge on any atom is -0.397 e. The monoisotopic (exact) mass is 242 g/mol. The highest BCUT2D eigenvalue weighted by Gasteiger charge is 2.14. The van der Waals surface area contributed by atoms with Crippen molar-refractivity contribution in [2.24, 2.45) is 0 Å². The van der Waals surface area contributed by atoms with Crippen molar-refractivity contribution >= 4 is 27.1 Å². The Morgan fingerprint density at radius 2 is 2.00 bits per heavy atom. The molecule has 5 nitrogen and oxygen atoms in total. The van der Waals surface area contributed by atoms with Crippen LogP contribution in [0.25, 0.3) is 0 Å². The summed E-state index contributed by atoms with van der Waals surface area (Å²) in [4.78, 5) is 11.4. The molecule has 88 valence electrons. The summed E-state index contributed by atoms with van der Waals surface area (Å²) in [6, 6.07) is 6.68. The van der Waals surface area contributed by atoms with E-state index in [9.17, 15) is 13.2 Å². The Morgan fingerprint density at radius 3 is 2.56 bits per heavy atom. The zero-order valence-electron chi connectivity index (χ0n) is 8.93. The first kappa shape index (κ1) is 12.5. The van der Waals surface area contributed by atoms with Gasteiger partial charge in [0.1, 0.15) is 5.75 Å². The number of nitrogen functional groups attached to an aromatic ring is 1. The molecule has 0 aliphatic carbocycles. The number of hydrogen-bond donors (Lipinski definition) is 2. The molecule has 0 fully saturated rings. The van der Waals surface area contributed by atoms with Gasteiger partial charge in [0.15, 0.2) is 9.84 Å². The van der Waals surface area contributed by atoms with E-state index < -0.39 is 21.5 Å². The van der Waals surface area contributed by atoms with Crippen molar-refractivity contribution in [2.75, 3.05) is 22.6 Å². The van der Waals surface area contributed by atoms with Crippen molar-refractivity contribution in [2.45, 2.75) is 6.92 Å². The first-order valence-corrected chi connectivity index (χ1v) is 6.61. The second kappa shape index (κ2) is 4.98.